The highest BCUT2D eigenvalue weighted by Crippen LogP contribution is 2.37. The topological polar surface area (TPSA) is 143 Å². The van der Waals surface area contributed by atoms with E-state index >= 15 is 0 Å². The van der Waals surface area contributed by atoms with Gasteiger partial charge in [-0.15, -0.1) is 0 Å². The highest BCUT2D eigenvalue weighted by molar-refractivity contribution is 6.07. The Bertz CT molecular complexity index is 1140. The summed E-state index contributed by atoms with van der Waals surface area (Å²) in [6.07, 6.45) is 1.73. The number of carbonyl (C=O) groups excluding carboxylic acids is 1. The fraction of sp³-hybridized carbons (Fsp3) is 0.333. The molecule has 2 amide bonds. The largest absolute Gasteiger partial charge is 0.465 e. The van der Waals surface area contributed by atoms with Crippen molar-refractivity contribution in [3.05, 3.63) is 35.5 Å². The molecule has 154 valence electrons. The number of nitrogens with one attached hydrogen (secondary N) is 4. The van der Waals surface area contributed by atoms with E-state index in [9.17, 15) is 9.59 Å². The molecule has 1 fully saturated rings. The maximum Gasteiger partial charge on any atom is 0.404 e. The molecule has 1 aromatic carbocycles. The third-order valence-corrected chi connectivity index (χ3v) is 5.21. The first-order valence-electron chi connectivity index (χ1n) is 9.77. The number of fused-ring (bicyclic) bond motifs is 3. The zero-order valence-electron chi connectivity index (χ0n) is 16.6. The molecule has 9 nitrogen and oxygen atoms in total. The molecule has 2 heterocycles. The number of carbonyl (C=O) groups is 2. The number of amides is 2. The van der Waals surface area contributed by atoms with Crippen LogP contribution in [0.3, 0.4) is 0 Å². The van der Waals surface area contributed by atoms with E-state index in [2.05, 4.69) is 32.0 Å². The fourth-order valence-corrected chi connectivity index (χ4v) is 3.79. The summed E-state index contributed by atoms with van der Waals surface area (Å²) in [6.45, 7) is 3.96. The van der Waals surface area contributed by atoms with E-state index in [0.29, 0.717) is 40.9 Å². The van der Waals surface area contributed by atoms with Gasteiger partial charge in [0.05, 0.1) is 34.1 Å². The van der Waals surface area contributed by atoms with E-state index in [1.165, 1.54) is 0 Å². The quantitative estimate of drug-likeness (QED) is 0.441. The van der Waals surface area contributed by atoms with Gasteiger partial charge in [-0.1, -0.05) is 0 Å². The molecule has 0 radical (unpaired) electrons. The molecule has 1 aromatic rings. The van der Waals surface area contributed by atoms with E-state index in [1.807, 2.05) is 19.9 Å². The number of H-pyrrole nitrogens is 1. The Balaban J connectivity index is 1.66. The summed E-state index contributed by atoms with van der Waals surface area (Å²) in [5.74, 6) is -0.250. The van der Waals surface area contributed by atoms with Crippen molar-refractivity contribution in [3.63, 3.8) is 0 Å². The van der Waals surface area contributed by atoms with Gasteiger partial charge in [0.2, 0.25) is 0 Å². The van der Waals surface area contributed by atoms with Crippen molar-refractivity contribution >= 4 is 28.6 Å². The minimum Gasteiger partial charge on any atom is -0.465 e. The van der Waals surface area contributed by atoms with Crippen LogP contribution in [0.2, 0.25) is 0 Å². The Morgan fingerprint density at radius 1 is 1.27 bits per heavy atom. The Kier molecular flexibility index (Phi) is 4.91. The second-order valence-electron chi connectivity index (χ2n) is 7.84. The van der Waals surface area contributed by atoms with Crippen molar-refractivity contribution < 1.29 is 14.7 Å². The predicted molar refractivity (Wildman–Crippen MR) is 112 cm³/mol. The van der Waals surface area contributed by atoms with Crippen molar-refractivity contribution in [1.82, 2.24) is 20.6 Å². The van der Waals surface area contributed by atoms with Crippen molar-refractivity contribution in [2.75, 3.05) is 5.32 Å². The molecule has 0 atom stereocenters. The number of benzene rings is 1. The van der Waals surface area contributed by atoms with Gasteiger partial charge in [0.15, 0.2) is 0 Å². The van der Waals surface area contributed by atoms with Crippen LogP contribution in [0.1, 0.15) is 42.6 Å². The van der Waals surface area contributed by atoms with Crippen molar-refractivity contribution in [2.45, 2.75) is 44.8 Å². The summed E-state index contributed by atoms with van der Waals surface area (Å²) < 4.78 is 0. The van der Waals surface area contributed by atoms with Crippen LogP contribution >= 0.6 is 0 Å². The van der Waals surface area contributed by atoms with Gasteiger partial charge in [0.25, 0.3) is 5.91 Å². The first kappa shape index (κ1) is 19.5. The predicted octanol–water partition coefficient (Wildman–Crippen LogP) is 2.89. The van der Waals surface area contributed by atoms with Crippen LogP contribution < -0.4 is 16.0 Å². The number of pyridine rings is 1. The van der Waals surface area contributed by atoms with E-state index < -0.39 is 6.09 Å². The van der Waals surface area contributed by atoms with Crippen molar-refractivity contribution in [1.29, 1.82) is 5.26 Å². The monoisotopic (exact) mass is 406 g/mol. The average Bonchev–Trinajstić information content (AvgIpc) is 3.03. The molecule has 2 aliphatic heterocycles. The number of aromatic nitrogens is 2. The highest BCUT2D eigenvalue weighted by atomic mass is 16.4. The summed E-state index contributed by atoms with van der Waals surface area (Å²) in [5.41, 5.74) is 3.71. The maximum absolute atomic E-state index is 13.0. The maximum atomic E-state index is 13.0. The summed E-state index contributed by atoms with van der Waals surface area (Å²) in [7, 11) is 0. The normalized spacial score (nSPS) is 18.1. The molecule has 0 saturated heterocycles. The van der Waals surface area contributed by atoms with Crippen LogP contribution in [-0.4, -0.2) is 45.2 Å². The number of hydrogen-bond donors (Lipinski definition) is 5. The lowest BCUT2D eigenvalue weighted by atomic mass is 9.86. The zero-order valence-corrected chi connectivity index (χ0v) is 16.6. The first-order chi connectivity index (χ1) is 14.4. The van der Waals surface area contributed by atoms with Gasteiger partial charge in [0, 0.05) is 29.7 Å². The lowest BCUT2D eigenvalue weighted by Gasteiger charge is -2.35. The molecule has 3 aliphatic rings. The van der Waals surface area contributed by atoms with Crippen LogP contribution in [-0.2, 0) is 0 Å². The first-order valence-corrected chi connectivity index (χ1v) is 9.77. The van der Waals surface area contributed by atoms with Crippen molar-refractivity contribution in [2.24, 2.45) is 0 Å². The van der Waals surface area contributed by atoms with Crippen LogP contribution in [0.5, 0.6) is 0 Å². The molecular weight excluding hydrogens is 384 g/mol. The standard InChI is InChI=1S/C21H22N6O3/c1-10(2)24-18-15(20(28)25-12-6-13(7-12)26-21(29)30)9-23-17-14-4-3-11(8-22)5-16(14)27-19(17)18/h3-5,9-10,12-13,23-24,26H,6-7H2,1-2H3,(H,25,28)(H,29,30). The van der Waals surface area contributed by atoms with Gasteiger partial charge in [-0.3, -0.25) is 4.79 Å². The van der Waals surface area contributed by atoms with E-state index in [4.69, 9.17) is 10.4 Å². The number of aromatic amines is 1. The fourth-order valence-electron chi connectivity index (χ4n) is 3.79. The lowest BCUT2D eigenvalue weighted by molar-refractivity contribution is 0.0903. The van der Waals surface area contributed by atoms with Gasteiger partial charge in [-0.05, 0) is 44.9 Å². The summed E-state index contributed by atoms with van der Waals surface area (Å²) in [4.78, 5) is 31.5. The van der Waals surface area contributed by atoms with Crippen LogP contribution in [0.25, 0.3) is 22.3 Å². The number of hydrogen-bond acceptors (Lipinski definition) is 5. The number of anilines is 1. The average molecular weight is 406 g/mol. The molecule has 4 rings (SSSR count). The van der Waals surface area contributed by atoms with Crippen LogP contribution in [0.4, 0.5) is 10.5 Å². The molecule has 30 heavy (non-hydrogen) atoms. The molecule has 0 unspecified atom stereocenters. The third-order valence-electron chi connectivity index (χ3n) is 5.21. The van der Waals surface area contributed by atoms with Gasteiger partial charge in [0.1, 0.15) is 5.69 Å². The number of rotatable bonds is 5. The molecule has 0 aromatic heterocycles. The van der Waals surface area contributed by atoms with E-state index in [1.54, 1.807) is 18.3 Å². The second kappa shape index (κ2) is 7.55. The van der Waals surface area contributed by atoms with Crippen LogP contribution in [0.15, 0.2) is 24.4 Å². The molecule has 1 saturated carbocycles. The summed E-state index contributed by atoms with van der Waals surface area (Å²) >= 11 is 0. The Hall–Kier alpha value is -3.80. The van der Waals surface area contributed by atoms with Gasteiger partial charge in [-0.2, -0.15) is 5.26 Å². The zero-order chi connectivity index (χ0) is 21.4. The Morgan fingerprint density at radius 2 is 2.00 bits per heavy atom. The SMILES string of the molecule is CC(C)Nc1c(C(=O)NC2CC(NC(=O)O)C2)c[nH]c2c3ccc(C#N)cc3nc1-2. The highest BCUT2D eigenvalue weighted by Gasteiger charge is 2.32. The van der Waals surface area contributed by atoms with Crippen molar-refractivity contribution in [3.8, 4) is 17.5 Å². The second-order valence-corrected chi connectivity index (χ2v) is 7.84. The van der Waals surface area contributed by atoms with Gasteiger partial charge >= 0.3 is 6.09 Å². The van der Waals surface area contributed by atoms with Gasteiger partial charge in [-0.25, -0.2) is 9.78 Å². The molecular formula is C21H22N6O3. The molecule has 1 aliphatic carbocycles. The van der Waals surface area contributed by atoms with Gasteiger partial charge < -0.3 is 26.0 Å². The molecule has 5 N–H and O–H groups in total. The molecule has 0 spiro atoms. The lowest BCUT2D eigenvalue weighted by Crippen LogP contribution is -2.53. The summed E-state index contributed by atoms with van der Waals surface area (Å²) in [5, 5.41) is 27.5. The smallest absolute Gasteiger partial charge is 0.404 e. The number of nitrogens with zero attached hydrogens (tertiary/aromatic N) is 2. The van der Waals surface area contributed by atoms with E-state index in [-0.39, 0.29) is 24.0 Å². The summed E-state index contributed by atoms with van der Waals surface area (Å²) in [6, 6.07) is 7.30. The minimum atomic E-state index is -1.05. The van der Waals surface area contributed by atoms with Crippen LogP contribution in [0, 0.1) is 11.3 Å². The minimum absolute atomic E-state index is 0.0736. The third kappa shape index (κ3) is 3.59. The molecule has 0 bridgehead atoms. The molecule has 9 heteroatoms. The Labute approximate surface area is 172 Å². The Morgan fingerprint density at radius 3 is 2.67 bits per heavy atom. The van der Waals surface area contributed by atoms with E-state index in [0.717, 1.165) is 11.1 Å². The number of carboxylic acid groups (broad SMARTS) is 1. The number of nitriles is 1.